The molecule has 0 spiro atoms. The van der Waals surface area contributed by atoms with E-state index in [9.17, 15) is 13.2 Å². The van der Waals surface area contributed by atoms with E-state index < -0.39 is 10.0 Å². The van der Waals surface area contributed by atoms with E-state index in [1.54, 1.807) is 23.4 Å². The van der Waals surface area contributed by atoms with Crippen LogP contribution in [0.1, 0.15) is 38.3 Å². The third-order valence-corrected chi connectivity index (χ3v) is 7.68. The Hall–Kier alpha value is -1.44. The zero-order valence-corrected chi connectivity index (χ0v) is 16.7. The summed E-state index contributed by atoms with van der Waals surface area (Å²) in [4.78, 5) is 13.8. The van der Waals surface area contributed by atoms with Crippen LogP contribution in [-0.2, 0) is 27.7 Å². The largest absolute Gasteiger partial charge is 0.342 e. The molecule has 2 N–H and O–H groups in total. The summed E-state index contributed by atoms with van der Waals surface area (Å²) in [7, 11) is -3.53. The Bertz CT molecular complexity index is 804. The van der Waals surface area contributed by atoms with Gasteiger partial charge in [-0.25, -0.2) is 8.42 Å². The Morgan fingerprint density at radius 3 is 2.42 bits per heavy atom. The summed E-state index contributed by atoms with van der Waals surface area (Å²) in [6.07, 6.45) is 2.13. The second-order valence-electron chi connectivity index (χ2n) is 8.16. The number of hydrogen-bond acceptors (Lipinski definition) is 4. The van der Waals surface area contributed by atoms with E-state index in [0.29, 0.717) is 43.9 Å². The summed E-state index contributed by atoms with van der Waals surface area (Å²) >= 11 is 0. The van der Waals surface area contributed by atoms with Gasteiger partial charge >= 0.3 is 0 Å². The Morgan fingerprint density at radius 2 is 1.81 bits per heavy atom. The minimum Gasteiger partial charge on any atom is -0.342 e. The molecular weight excluding hydrogens is 350 g/mol. The van der Waals surface area contributed by atoms with E-state index in [0.717, 1.165) is 17.5 Å². The van der Waals surface area contributed by atoms with Crippen LogP contribution in [0.5, 0.6) is 0 Å². The molecule has 2 heterocycles. The third-order valence-electron chi connectivity index (χ3n) is 5.84. The van der Waals surface area contributed by atoms with Gasteiger partial charge in [-0.05, 0) is 47.9 Å². The monoisotopic (exact) mass is 379 g/mol. The summed E-state index contributed by atoms with van der Waals surface area (Å²) in [5.74, 6) is 0.0672. The Balaban J connectivity index is 1.85. The van der Waals surface area contributed by atoms with E-state index >= 15 is 0 Å². The molecule has 1 atom stereocenters. The van der Waals surface area contributed by atoms with Crippen molar-refractivity contribution < 1.29 is 13.2 Å². The number of sulfonamides is 1. The maximum Gasteiger partial charge on any atom is 0.243 e. The Morgan fingerprint density at radius 1 is 1.15 bits per heavy atom. The standard InChI is InChI=1S/C19H29N3O3S/c1-14(23)21-9-6-15-4-5-17(12-16(15)7-10-21)26(24,25)22-11-8-18(20)19(2,3)13-22/h4-5,12,18H,6-11,13,20H2,1-3H3. The second-order valence-corrected chi connectivity index (χ2v) is 10.1. The predicted octanol–water partition coefficient (Wildman–Crippen LogP) is 1.38. The Labute approximate surface area is 156 Å². The van der Waals surface area contributed by atoms with Gasteiger partial charge in [0.25, 0.3) is 0 Å². The molecule has 1 saturated heterocycles. The Kier molecular flexibility index (Phi) is 5.16. The number of fused-ring (bicyclic) bond motifs is 1. The van der Waals surface area contributed by atoms with Crippen LogP contribution in [0.15, 0.2) is 23.1 Å². The van der Waals surface area contributed by atoms with Crippen molar-refractivity contribution in [3.8, 4) is 0 Å². The van der Waals surface area contributed by atoms with Crippen LogP contribution in [-0.4, -0.2) is 55.8 Å². The molecule has 1 fully saturated rings. The van der Waals surface area contributed by atoms with Gasteiger partial charge in [-0.1, -0.05) is 19.9 Å². The second kappa shape index (κ2) is 6.94. The van der Waals surface area contributed by atoms with Gasteiger partial charge in [-0.3, -0.25) is 4.79 Å². The maximum atomic E-state index is 13.1. The highest BCUT2D eigenvalue weighted by molar-refractivity contribution is 7.89. The van der Waals surface area contributed by atoms with Crippen molar-refractivity contribution in [2.45, 2.75) is 51.0 Å². The number of amides is 1. The minimum absolute atomic E-state index is 0.0126. The first-order valence-electron chi connectivity index (χ1n) is 9.24. The number of carbonyl (C=O) groups excluding carboxylic acids is 1. The normalized spacial score (nSPS) is 24.0. The molecular formula is C19H29N3O3S. The van der Waals surface area contributed by atoms with Gasteiger partial charge in [-0.2, -0.15) is 4.31 Å². The fourth-order valence-corrected chi connectivity index (χ4v) is 5.53. The van der Waals surface area contributed by atoms with Crippen LogP contribution in [0.25, 0.3) is 0 Å². The van der Waals surface area contributed by atoms with Crippen LogP contribution >= 0.6 is 0 Å². The number of piperidine rings is 1. The lowest BCUT2D eigenvalue weighted by Gasteiger charge is -2.41. The number of nitrogens with zero attached hydrogens (tertiary/aromatic N) is 2. The summed E-state index contributed by atoms with van der Waals surface area (Å²) in [6, 6.07) is 5.43. The van der Waals surface area contributed by atoms with Crippen LogP contribution in [0, 0.1) is 5.41 Å². The van der Waals surface area contributed by atoms with Crippen molar-refractivity contribution in [1.82, 2.24) is 9.21 Å². The average Bonchev–Trinajstić information content (AvgIpc) is 2.79. The molecule has 1 aromatic carbocycles. The number of hydrogen-bond donors (Lipinski definition) is 1. The van der Waals surface area contributed by atoms with Gasteiger partial charge in [0.2, 0.25) is 15.9 Å². The first-order valence-corrected chi connectivity index (χ1v) is 10.7. The first-order chi connectivity index (χ1) is 12.1. The SMILES string of the molecule is CC(=O)N1CCc2ccc(S(=O)(=O)N3CCC(N)C(C)(C)C3)cc2CC1. The van der Waals surface area contributed by atoms with Crippen molar-refractivity contribution in [1.29, 1.82) is 0 Å². The average molecular weight is 380 g/mol. The van der Waals surface area contributed by atoms with Crippen molar-refractivity contribution in [2.24, 2.45) is 11.1 Å². The molecule has 144 valence electrons. The van der Waals surface area contributed by atoms with Crippen molar-refractivity contribution in [2.75, 3.05) is 26.2 Å². The molecule has 7 heteroatoms. The molecule has 1 unspecified atom stereocenters. The van der Waals surface area contributed by atoms with Crippen molar-refractivity contribution in [3.63, 3.8) is 0 Å². The zero-order chi connectivity index (χ0) is 19.1. The lowest BCUT2D eigenvalue weighted by atomic mass is 9.81. The number of benzene rings is 1. The van der Waals surface area contributed by atoms with Crippen molar-refractivity contribution in [3.05, 3.63) is 29.3 Å². The highest BCUT2D eigenvalue weighted by atomic mass is 32.2. The fourth-order valence-electron chi connectivity index (χ4n) is 3.86. The lowest BCUT2D eigenvalue weighted by molar-refractivity contribution is -0.128. The third kappa shape index (κ3) is 3.66. The molecule has 26 heavy (non-hydrogen) atoms. The molecule has 2 aliphatic heterocycles. The van der Waals surface area contributed by atoms with Gasteiger partial charge in [0.15, 0.2) is 0 Å². The quantitative estimate of drug-likeness (QED) is 0.841. The minimum atomic E-state index is -3.53. The molecule has 0 aromatic heterocycles. The predicted molar refractivity (Wildman–Crippen MR) is 101 cm³/mol. The maximum absolute atomic E-state index is 13.1. The summed E-state index contributed by atoms with van der Waals surface area (Å²) in [6.45, 7) is 7.84. The van der Waals surface area contributed by atoms with Crippen LogP contribution in [0.4, 0.5) is 0 Å². The van der Waals surface area contributed by atoms with Crippen molar-refractivity contribution >= 4 is 15.9 Å². The molecule has 0 saturated carbocycles. The van der Waals surface area contributed by atoms with Crippen LogP contribution in [0.3, 0.4) is 0 Å². The molecule has 1 amide bonds. The molecule has 6 nitrogen and oxygen atoms in total. The van der Waals surface area contributed by atoms with Gasteiger partial charge in [0.1, 0.15) is 0 Å². The van der Waals surface area contributed by atoms with Gasteiger partial charge in [0, 0.05) is 39.1 Å². The number of nitrogens with two attached hydrogens (primary N) is 1. The smallest absolute Gasteiger partial charge is 0.243 e. The van der Waals surface area contributed by atoms with Gasteiger partial charge in [-0.15, -0.1) is 0 Å². The first kappa shape index (κ1) is 19.3. The van der Waals surface area contributed by atoms with Crippen LogP contribution < -0.4 is 5.73 Å². The topological polar surface area (TPSA) is 83.7 Å². The number of rotatable bonds is 2. The fraction of sp³-hybridized carbons (Fsp3) is 0.632. The van der Waals surface area contributed by atoms with Gasteiger partial charge in [0.05, 0.1) is 4.90 Å². The van der Waals surface area contributed by atoms with E-state index in [1.165, 1.54) is 0 Å². The van der Waals surface area contributed by atoms with E-state index in [1.807, 2.05) is 24.8 Å². The van der Waals surface area contributed by atoms with E-state index in [2.05, 4.69) is 0 Å². The lowest BCUT2D eigenvalue weighted by Crippen LogP contribution is -2.53. The summed E-state index contributed by atoms with van der Waals surface area (Å²) < 4.78 is 27.9. The molecule has 1 aromatic rings. The molecule has 0 bridgehead atoms. The highest BCUT2D eigenvalue weighted by Crippen LogP contribution is 2.32. The van der Waals surface area contributed by atoms with E-state index in [-0.39, 0.29) is 17.4 Å². The summed E-state index contributed by atoms with van der Waals surface area (Å²) in [5.41, 5.74) is 8.08. The van der Waals surface area contributed by atoms with E-state index in [4.69, 9.17) is 5.73 Å². The molecule has 0 radical (unpaired) electrons. The summed E-state index contributed by atoms with van der Waals surface area (Å²) in [5, 5.41) is 0. The number of carbonyl (C=O) groups is 1. The highest BCUT2D eigenvalue weighted by Gasteiger charge is 2.39. The van der Waals surface area contributed by atoms with Gasteiger partial charge < -0.3 is 10.6 Å². The van der Waals surface area contributed by atoms with Crippen LogP contribution in [0.2, 0.25) is 0 Å². The molecule has 2 aliphatic rings. The molecule has 0 aliphatic carbocycles. The zero-order valence-electron chi connectivity index (χ0n) is 15.9. The molecule has 3 rings (SSSR count).